The van der Waals surface area contributed by atoms with Crippen molar-refractivity contribution in [2.24, 2.45) is 0 Å². The van der Waals surface area contributed by atoms with Crippen LogP contribution in [0.5, 0.6) is 5.75 Å². The molecule has 0 spiro atoms. The fraction of sp³-hybridized carbons (Fsp3) is 0.0667. The Bertz CT molecular complexity index is 786. The molecule has 1 aromatic heterocycles. The van der Waals surface area contributed by atoms with E-state index in [0.717, 1.165) is 5.56 Å². The Kier molecular flexibility index (Phi) is 3.50. The van der Waals surface area contributed by atoms with Gasteiger partial charge in [0, 0.05) is 16.3 Å². The summed E-state index contributed by atoms with van der Waals surface area (Å²) in [6, 6.07) is 12.5. The minimum absolute atomic E-state index is 0.340. The molecule has 2 N–H and O–H groups in total. The molecule has 6 heteroatoms. The number of anilines is 1. The first-order valence-electron chi connectivity index (χ1n) is 6.21. The Morgan fingerprint density at radius 2 is 2.05 bits per heavy atom. The van der Waals surface area contributed by atoms with Crippen LogP contribution in [0.15, 0.2) is 47.0 Å². The molecule has 0 saturated carbocycles. The van der Waals surface area contributed by atoms with Crippen molar-refractivity contribution in [3.63, 3.8) is 0 Å². The molecule has 0 unspecified atom stereocenters. The van der Waals surface area contributed by atoms with Crippen molar-refractivity contribution >= 4 is 17.3 Å². The van der Waals surface area contributed by atoms with E-state index in [0.29, 0.717) is 33.7 Å². The molecule has 21 heavy (non-hydrogen) atoms. The van der Waals surface area contributed by atoms with Gasteiger partial charge >= 0.3 is 0 Å². The first-order chi connectivity index (χ1) is 10.2. The van der Waals surface area contributed by atoms with Gasteiger partial charge in [0.05, 0.1) is 12.7 Å². The maximum Gasteiger partial charge on any atom is 0.262 e. The molecule has 3 aromatic rings. The Morgan fingerprint density at radius 1 is 1.19 bits per heavy atom. The van der Waals surface area contributed by atoms with E-state index in [4.69, 9.17) is 26.6 Å². The molecule has 3 rings (SSSR count). The number of hydrogen-bond acceptors (Lipinski definition) is 5. The molecule has 0 atom stereocenters. The quantitative estimate of drug-likeness (QED) is 0.747. The van der Waals surface area contributed by atoms with Gasteiger partial charge in [0.1, 0.15) is 5.75 Å². The van der Waals surface area contributed by atoms with Crippen LogP contribution in [0.3, 0.4) is 0 Å². The zero-order valence-electron chi connectivity index (χ0n) is 11.2. The van der Waals surface area contributed by atoms with Gasteiger partial charge in [-0.25, -0.2) is 0 Å². The maximum absolute atomic E-state index is 6.01. The fourth-order valence-corrected chi connectivity index (χ4v) is 2.15. The lowest BCUT2D eigenvalue weighted by molar-refractivity contribution is 0.405. The van der Waals surface area contributed by atoms with Crippen LogP contribution in [0.1, 0.15) is 0 Å². The van der Waals surface area contributed by atoms with Crippen LogP contribution in [-0.4, -0.2) is 17.3 Å². The van der Waals surface area contributed by atoms with Gasteiger partial charge in [-0.3, -0.25) is 0 Å². The van der Waals surface area contributed by atoms with E-state index in [1.54, 1.807) is 37.4 Å². The number of rotatable bonds is 3. The van der Waals surface area contributed by atoms with Crippen LogP contribution in [0.4, 0.5) is 5.69 Å². The minimum Gasteiger partial charge on any atom is -0.496 e. The summed E-state index contributed by atoms with van der Waals surface area (Å²) < 4.78 is 10.6. The summed E-state index contributed by atoms with van der Waals surface area (Å²) in [7, 11) is 1.57. The number of ether oxygens (including phenoxy) is 1. The Balaban J connectivity index is 2.04. The summed E-state index contributed by atoms with van der Waals surface area (Å²) >= 11 is 6.01. The number of aromatic nitrogens is 2. The summed E-state index contributed by atoms with van der Waals surface area (Å²) in [5.74, 6) is 1.41. The lowest BCUT2D eigenvalue weighted by atomic mass is 10.2. The second-order valence-corrected chi connectivity index (χ2v) is 4.83. The fourth-order valence-electron chi connectivity index (χ4n) is 1.98. The molecule has 1 heterocycles. The third-order valence-electron chi connectivity index (χ3n) is 2.96. The molecule has 0 saturated heterocycles. The summed E-state index contributed by atoms with van der Waals surface area (Å²) in [6.45, 7) is 0. The van der Waals surface area contributed by atoms with Crippen LogP contribution >= 0.6 is 11.6 Å². The first-order valence-corrected chi connectivity index (χ1v) is 6.58. The number of nitrogens with zero attached hydrogens (tertiary/aromatic N) is 2. The Labute approximate surface area is 126 Å². The molecule has 0 fully saturated rings. The molecule has 0 amide bonds. The predicted molar refractivity (Wildman–Crippen MR) is 81.1 cm³/mol. The zero-order chi connectivity index (χ0) is 14.8. The number of hydrogen-bond donors (Lipinski definition) is 1. The minimum atomic E-state index is 0.340. The lowest BCUT2D eigenvalue weighted by Gasteiger charge is -2.04. The van der Waals surface area contributed by atoms with Crippen LogP contribution in [0.25, 0.3) is 22.8 Å². The summed E-state index contributed by atoms with van der Waals surface area (Å²) in [6.07, 6.45) is 0. The predicted octanol–water partition coefficient (Wildman–Crippen LogP) is 3.65. The summed E-state index contributed by atoms with van der Waals surface area (Å²) in [5.41, 5.74) is 7.82. The number of methoxy groups -OCH3 is 1. The van der Waals surface area contributed by atoms with E-state index in [1.165, 1.54) is 0 Å². The highest BCUT2D eigenvalue weighted by atomic mass is 35.5. The molecule has 0 radical (unpaired) electrons. The maximum atomic E-state index is 6.01. The third kappa shape index (κ3) is 2.68. The van der Waals surface area contributed by atoms with Gasteiger partial charge in [-0.2, -0.15) is 4.98 Å². The number of benzene rings is 2. The van der Waals surface area contributed by atoms with Gasteiger partial charge in [-0.1, -0.05) is 28.9 Å². The van der Waals surface area contributed by atoms with Gasteiger partial charge in [0.2, 0.25) is 5.82 Å². The summed E-state index contributed by atoms with van der Waals surface area (Å²) in [4.78, 5) is 4.37. The van der Waals surface area contributed by atoms with Gasteiger partial charge < -0.3 is 15.0 Å². The molecular formula is C15H12ClN3O2. The largest absolute Gasteiger partial charge is 0.496 e. The Hall–Kier alpha value is -2.53. The molecule has 0 aliphatic carbocycles. The van der Waals surface area contributed by atoms with Gasteiger partial charge in [-0.15, -0.1) is 0 Å². The van der Waals surface area contributed by atoms with Crippen molar-refractivity contribution in [2.45, 2.75) is 0 Å². The second kappa shape index (κ2) is 5.46. The highest BCUT2D eigenvalue weighted by Crippen LogP contribution is 2.32. The van der Waals surface area contributed by atoms with Crippen molar-refractivity contribution in [3.05, 3.63) is 47.5 Å². The molecule has 0 aliphatic heterocycles. The van der Waals surface area contributed by atoms with E-state index in [9.17, 15) is 0 Å². The van der Waals surface area contributed by atoms with Crippen molar-refractivity contribution in [2.75, 3.05) is 12.8 Å². The average molecular weight is 302 g/mol. The van der Waals surface area contributed by atoms with Crippen molar-refractivity contribution in [3.8, 4) is 28.6 Å². The van der Waals surface area contributed by atoms with Crippen LogP contribution in [0, 0.1) is 0 Å². The SMILES string of the molecule is COc1ccc(Cl)cc1-c1nc(-c2cccc(N)c2)no1. The average Bonchev–Trinajstić information content (AvgIpc) is 2.97. The molecular weight excluding hydrogens is 290 g/mol. The smallest absolute Gasteiger partial charge is 0.262 e. The van der Waals surface area contributed by atoms with E-state index >= 15 is 0 Å². The number of halogens is 1. The number of nitrogens with two attached hydrogens (primary N) is 1. The molecule has 2 aromatic carbocycles. The van der Waals surface area contributed by atoms with Crippen molar-refractivity contribution < 1.29 is 9.26 Å². The third-order valence-corrected chi connectivity index (χ3v) is 3.20. The van der Waals surface area contributed by atoms with E-state index in [-0.39, 0.29) is 0 Å². The topological polar surface area (TPSA) is 74.2 Å². The monoisotopic (exact) mass is 301 g/mol. The van der Waals surface area contributed by atoms with Gasteiger partial charge in [-0.05, 0) is 30.3 Å². The zero-order valence-corrected chi connectivity index (χ0v) is 12.0. The van der Waals surface area contributed by atoms with E-state index in [2.05, 4.69) is 10.1 Å². The molecule has 5 nitrogen and oxygen atoms in total. The molecule has 106 valence electrons. The van der Waals surface area contributed by atoms with Crippen molar-refractivity contribution in [1.29, 1.82) is 0 Å². The van der Waals surface area contributed by atoms with Crippen molar-refractivity contribution in [1.82, 2.24) is 10.1 Å². The second-order valence-electron chi connectivity index (χ2n) is 4.39. The lowest BCUT2D eigenvalue weighted by Crippen LogP contribution is -1.89. The molecule has 0 bridgehead atoms. The van der Waals surface area contributed by atoms with Crippen LogP contribution < -0.4 is 10.5 Å². The first kappa shape index (κ1) is 13.5. The Morgan fingerprint density at radius 3 is 2.81 bits per heavy atom. The van der Waals surface area contributed by atoms with E-state index < -0.39 is 0 Å². The normalized spacial score (nSPS) is 10.6. The van der Waals surface area contributed by atoms with Crippen LogP contribution in [0.2, 0.25) is 5.02 Å². The highest BCUT2D eigenvalue weighted by molar-refractivity contribution is 6.30. The van der Waals surface area contributed by atoms with Gasteiger partial charge in [0.25, 0.3) is 5.89 Å². The van der Waals surface area contributed by atoms with E-state index in [1.807, 2.05) is 12.1 Å². The van der Waals surface area contributed by atoms with Gasteiger partial charge in [0.15, 0.2) is 0 Å². The highest BCUT2D eigenvalue weighted by Gasteiger charge is 2.15. The molecule has 0 aliphatic rings. The summed E-state index contributed by atoms with van der Waals surface area (Å²) in [5, 5.41) is 4.53. The van der Waals surface area contributed by atoms with Crippen LogP contribution in [-0.2, 0) is 0 Å². The number of nitrogen functional groups attached to an aromatic ring is 1. The standard InChI is InChI=1S/C15H12ClN3O2/c1-20-13-6-5-10(16)8-12(13)15-18-14(19-21-15)9-3-2-4-11(17)7-9/h2-8H,17H2,1H3.